The lowest BCUT2D eigenvalue weighted by molar-refractivity contribution is -0.142. The highest BCUT2D eigenvalue weighted by Crippen LogP contribution is 2.13. The molecule has 14 atom stereocenters. The molecular weight excluding hydrogens is 1490 g/mol. The number of nitrogens with zero attached hydrogens (tertiary/aromatic N) is 1. The molecule has 0 radical (unpaired) electrons. The van der Waals surface area contributed by atoms with Crippen LogP contribution < -0.4 is 91.6 Å². The number of nitrogens with two attached hydrogens (primary N) is 3. The summed E-state index contributed by atoms with van der Waals surface area (Å²) < 4.78 is 0. The zero-order valence-corrected chi connectivity index (χ0v) is 63.5. The number of aromatic amines is 1. The Kier molecular flexibility index (Phi) is 40.1. The van der Waals surface area contributed by atoms with Crippen molar-refractivity contribution in [3.63, 3.8) is 0 Å². The first kappa shape index (κ1) is 92.2. The fraction of sp³-hybridized carbons (Fsp3) is 0.479. The van der Waals surface area contributed by atoms with Crippen LogP contribution in [0.3, 0.4) is 0 Å². The van der Waals surface area contributed by atoms with Crippen molar-refractivity contribution in [1.29, 1.82) is 5.41 Å². The van der Waals surface area contributed by atoms with E-state index < -0.39 is 204 Å². The van der Waals surface area contributed by atoms with Gasteiger partial charge in [0.1, 0.15) is 72.5 Å². The number of aliphatic hydroxyl groups is 2. The first-order valence-electron chi connectivity index (χ1n) is 35.6. The van der Waals surface area contributed by atoms with Gasteiger partial charge in [-0.3, -0.25) is 77.3 Å². The Morgan fingerprint density at radius 1 is 0.468 bits per heavy atom. The topological polar surface area (TPSA) is 616 Å². The van der Waals surface area contributed by atoms with Crippen molar-refractivity contribution in [1.82, 2.24) is 84.4 Å². The minimum absolute atomic E-state index is 0.00578. The van der Waals surface area contributed by atoms with E-state index in [0.29, 0.717) is 23.2 Å². The summed E-state index contributed by atoms with van der Waals surface area (Å²) in [4.78, 5) is 211. The third-order valence-corrected chi connectivity index (χ3v) is 17.6. The number of unbranched alkanes of at least 4 members (excludes halogenated alkanes) is 1. The quantitative estimate of drug-likeness (QED) is 0.00847. The van der Waals surface area contributed by atoms with Crippen molar-refractivity contribution in [2.75, 3.05) is 31.1 Å². The number of H-pyrrole nitrogens is 1. The van der Waals surface area contributed by atoms with Crippen molar-refractivity contribution >= 4 is 120 Å². The van der Waals surface area contributed by atoms with E-state index in [1.54, 1.807) is 91.0 Å². The Morgan fingerprint density at radius 3 is 1.33 bits per heavy atom. The van der Waals surface area contributed by atoms with Crippen LogP contribution in [0.1, 0.15) is 95.0 Å². The van der Waals surface area contributed by atoms with E-state index >= 15 is 0 Å². The zero-order valence-electron chi connectivity index (χ0n) is 61.8. The molecule has 3 aromatic carbocycles. The number of carbonyl (C=O) groups is 15. The smallest absolute Gasteiger partial charge is 0.325 e. The molecule has 0 fully saturated rings. The Balaban J connectivity index is 1.49. The molecule has 38 nitrogen and oxygen atoms in total. The second-order valence-electron chi connectivity index (χ2n) is 26.0. The number of nitrogens with one attached hydrogen (secondary N) is 16. The summed E-state index contributed by atoms with van der Waals surface area (Å²) in [5.74, 6) is -16.5. The molecule has 14 amide bonds. The number of rotatable bonds is 49. The van der Waals surface area contributed by atoms with E-state index in [-0.39, 0.29) is 70.9 Å². The normalized spacial score (nSPS) is 14.7. The van der Waals surface area contributed by atoms with Crippen LogP contribution in [-0.2, 0) is 97.6 Å². The average molecular weight is 1590 g/mol. The summed E-state index contributed by atoms with van der Waals surface area (Å²) in [5.41, 5.74) is 19.0. The zero-order chi connectivity index (χ0) is 82.3. The number of amides is 14. The second kappa shape index (κ2) is 48.3. The van der Waals surface area contributed by atoms with Crippen LogP contribution in [0.15, 0.2) is 104 Å². The third-order valence-electron chi connectivity index (χ3n) is 16.9. The molecule has 1 unspecified atom stereocenters. The van der Waals surface area contributed by atoms with Crippen LogP contribution in [-0.4, -0.2) is 236 Å². The summed E-state index contributed by atoms with van der Waals surface area (Å²) in [5, 5.41) is 73.2. The first-order valence-corrected chi connectivity index (χ1v) is 36.8. The van der Waals surface area contributed by atoms with Crippen molar-refractivity contribution in [3.05, 3.63) is 126 Å². The number of aromatic nitrogens is 2. The Bertz CT molecular complexity index is 3780. The molecule has 0 bridgehead atoms. The summed E-state index contributed by atoms with van der Waals surface area (Å²) >= 11 is 8.46. The molecule has 111 heavy (non-hydrogen) atoms. The number of thiol groups is 2. The van der Waals surface area contributed by atoms with Crippen molar-refractivity contribution in [3.8, 4) is 0 Å². The van der Waals surface area contributed by atoms with Crippen LogP contribution in [0.5, 0.6) is 0 Å². The number of guanidine groups is 1. The lowest BCUT2D eigenvalue weighted by Crippen LogP contribution is -2.62. The number of hydrogen-bond donors (Lipinski definition) is 24. The van der Waals surface area contributed by atoms with Crippen molar-refractivity contribution < 1.29 is 87.2 Å². The Morgan fingerprint density at radius 2 is 0.874 bits per heavy atom. The minimum Gasteiger partial charge on any atom is -0.480 e. The highest BCUT2D eigenvalue weighted by Gasteiger charge is 2.38. The van der Waals surface area contributed by atoms with Gasteiger partial charge in [-0.05, 0) is 89.0 Å². The largest absolute Gasteiger partial charge is 0.480 e. The van der Waals surface area contributed by atoms with E-state index in [2.05, 4.69) is 110 Å². The standard InChI is InChI=1S/C71H102N20O18S2/c1-38(70(108)109)80-59(97)48(26-25-42-17-8-5-9-18-42)85-65(103)52(32-55(73)95)82-56(96)34-78-68(106)57(39(2)92)90-67(105)54(36-111)88-60(98)46(23-14-15-27-72)84-66(104)53(35-110)89-69(107)58(40(3)93)91-61(99)47(24-16-28-77-71(74)75)83-64(102)51(31-45-33-76-37-79-45)87-63(101)50(30-44-21-12-7-13-22-44)86-62(100)49(81-41(4)94)29-43-19-10-6-11-20-43/h5-13,17-22,33,37-40,46-54,57-58,92-93,110-111H,14-16,23-32,34-36,72H2,1-4H3,(H2,73,95)(H,76,79)(H,78,106)(H,80,97)(H,81,94)(H,82,96)(H,83,102)(H,84,104)(H,85,103)(H,86,100)(H,87,101)(H,88,98)(H,89,107)(H,90,105)(H,91,99)(H,108,109)(H4,74,75,77)/t38-,39+,40-,46+,47+,48+,49+,50+,51+,52+,53+,54+,57?,58+/m0/s1. The number of aryl methyl sites for hydroxylation is 1. The molecule has 1 heterocycles. The molecule has 0 spiro atoms. The molecule has 0 saturated carbocycles. The molecule has 4 rings (SSSR count). The summed E-state index contributed by atoms with van der Waals surface area (Å²) in [6.45, 7) is 3.85. The van der Waals surface area contributed by atoms with Gasteiger partial charge in [0.05, 0.1) is 31.5 Å². The predicted octanol–water partition coefficient (Wildman–Crippen LogP) is -5.98. The molecule has 40 heteroatoms. The first-order chi connectivity index (χ1) is 52.7. The van der Waals surface area contributed by atoms with Gasteiger partial charge in [-0.1, -0.05) is 91.0 Å². The number of aliphatic carboxylic acids is 1. The fourth-order valence-corrected chi connectivity index (χ4v) is 11.4. The molecule has 0 aliphatic heterocycles. The maximum Gasteiger partial charge on any atom is 0.325 e. The monoisotopic (exact) mass is 1590 g/mol. The van der Waals surface area contributed by atoms with Gasteiger partial charge in [-0.25, -0.2) is 4.98 Å². The average Bonchev–Trinajstić information content (AvgIpc) is 1.68. The fourth-order valence-electron chi connectivity index (χ4n) is 10.9. The van der Waals surface area contributed by atoms with Crippen LogP contribution in [0.4, 0.5) is 0 Å². The lowest BCUT2D eigenvalue weighted by atomic mass is 10.0. The predicted molar refractivity (Wildman–Crippen MR) is 409 cm³/mol. The maximum absolute atomic E-state index is 14.7. The molecule has 606 valence electrons. The van der Waals surface area contributed by atoms with E-state index in [0.717, 1.165) is 19.4 Å². The third kappa shape index (κ3) is 33.7. The van der Waals surface area contributed by atoms with Crippen molar-refractivity contribution in [2.24, 2.45) is 17.2 Å². The number of aliphatic hydroxyl groups excluding tert-OH is 2. The maximum atomic E-state index is 14.7. The van der Waals surface area contributed by atoms with Crippen LogP contribution in [0.2, 0.25) is 0 Å². The summed E-state index contributed by atoms with van der Waals surface area (Å²) in [6, 6.07) is 7.56. The Hall–Kier alpha value is -11.2. The van der Waals surface area contributed by atoms with Gasteiger partial charge in [0, 0.05) is 56.1 Å². The van der Waals surface area contributed by atoms with Crippen LogP contribution >= 0.6 is 25.3 Å². The van der Waals surface area contributed by atoms with Gasteiger partial charge >= 0.3 is 5.97 Å². The highest BCUT2D eigenvalue weighted by atomic mass is 32.1. The molecule has 1 aromatic heterocycles. The number of primary amides is 1. The number of benzene rings is 3. The molecule has 0 aliphatic rings. The molecule has 25 N–H and O–H groups in total. The van der Waals surface area contributed by atoms with Gasteiger partial charge in [0.2, 0.25) is 82.7 Å². The minimum atomic E-state index is -1.88. The van der Waals surface area contributed by atoms with Gasteiger partial charge in [0.25, 0.3) is 0 Å². The van der Waals surface area contributed by atoms with E-state index in [4.69, 9.17) is 22.6 Å². The molecule has 0 aliphatic carbocycles. The van der Waals surface area contributed by atoms with Crippen LogP contribution in [0, 0.1) is 5.41 Å². The van der Waals surface area contributed by atoms with Crippen LogP contribution in [0.25, 0.3) is 0 Å². The number of hydrogen-bond acceptors (Lipinski definition) is 22. The van der Waals surface area contributed by atoms with E-state index in [1.807, 2.05) is 0 Å². The van der Waals surface area contributed by atoms with Gasteiger partial charge in [0.15, 0.2) is 5.96 Å². The number of carboxylic acids is 1. The molecular formula is C71H102N20O18S2. The summed E-state index contributed by atoms with van der Waals surface area (Å²) in [6.07, 6.45) is -1.47. The number of carboxylic acid groups (broad SMARTS) is 1. The second-order valence-corrected chi connectivity index (χ2v) is 26.8. The van der Waals surface area contributed by atoms with E-state index in [9.17, 15) is 87.2 Å². The Labute approximate surface area is 651 Å². The van der Waals surface area contributed by atoms with Gasteiger partial charge in [-0.15, -0.1) is 0 Å². The molecule has 4 aromatic rings. The number of carbonyl (C=O) groups excluding carboxylic acids is 14. The van der Waals surface area contributed by atoms with Gasteiger partial charge < -0.3 is 112 Å². The lowest BCUT2D eigenvalue weighted by Gasteiger charge is -2.29. The molecule has 0 saturated heterocycles. The van der Waals surface area contributed by atoms with E-state index in [1.165, 1.54) is 26.4 Å². The van der Waals surface area contributed by atoms with Crippen molar-refractivity contribution in [2.45, 2.75) is 183 Å². The highest BCUT2D eigenvalue weighted by molar-refractivity contribution is 7.80. The summed E-state index contributed by atoms with van der Waals surface area (Å²) in [7, 11) is 0. The van der Waals surface area contributed by atoms with Gasteiger partial charge in [-0.2, -0.15) is 25.3 Å². The number of imidazole rings is 1. The SMILES string of the molecule is CC(=O)N[C@H](Cc1ccccc1)C(=O)N[C@H](Cc1ccccc1)C(=O)N[C@H](Cc1cnc[nH]1)C(=O)N[C@H](CCCNC(=N)N)C(=O)N[C@@H](C(=O)N[C@H](CS)C(=O)N[C@H](CCCCN)C(=O)N[C@H](CS)C(=O)NC(C(=O)NCC(=O)N[C@H](CC(N)=O)C(=O)N[C@H](CCc1ccccc1)C(=O)N[C@@H](C)C(=O)O)[C@@H](C)O)[C@H](C)O.